The van der Waals surface area contributed by atoms with Gasteiger partial charge in [0.25, 0.3) is 0 Å². The van der Waals surface area contributed by atoms with Crippen molar-refractivity contribution in [2.75, 3.05) is 0 Å². The van der Waals surface area contributed by atoms with Crippen molar-refractivity contribution in [3.05, 3.63) is 53.9 Å². The molecule has 2 N–H and O–H groups in total. The highest BCUT2D eigenvalue weighted by Crippen LogP contribution is 2.27. The average molecular weight is 245 g/mol. The number of benzene rings is 1. The fourth-order valence-corrected chi connectivity index (χ4v) is 1.49. The third kappa shape index (κ3) is 2.46. The Morgan fingerprint density at radius 1 is 1.17 bits per heavy atom. The number of carboxylic acid groups (broad SMARTS) is 1. The van der Waals surface area contributed by atoms with Gasteiger partial charge in [-0.1, -0.05) is 18.2 Å². The van der Waals surface area contributed by atoms with Crippen molar-refractivity contribution in [2.45, 2.75) is 6.61 Å². The van der Waals surface area contributed by atoms with Crippen molar-refractivity contribution < 1.29 is 19.7 Å². The van der Waals surface area contributed by atoms with Gasteiger partial charge in [-0.3, -0.25) is 0 Å². The van der Waals surface area contributed by atoms with E-state index in [1.54, 1.807) is 30.3 Å². The number of aromatic carboxylic acids is 1. The number of aliphatic hydroxyl groups excluding tert-OH is 1. The number of aliphatic hydroxyl groups is 1. The molecule has 2 aromatic rings. The van der Waals surface area contributed by atoms with Gasteiger partial charge in [0.2, 0.25) is 0 Å². The summed E-state index contributed by atoms with van der Waals surface area (Å²) in [6.07, 6.45) is 1.38. The number of carboxylic acids is 1. The van der Waals surface area contributed by atoms with Crippen LogP contribution in [0.1, 0.15) is 16.1 Å². The predicted molar refractivity (Wildman–Crippen MR) is 63.6 cm³/mol. The van der Waals surface area contributed by atoms with E-state index < -0.39 is 5.97 Å². The highest BCUT2D eigenvalue weighted by molar-refractivity contribution is 5.88. The smallest absolute Gasteiger partial charge is 0.358 e. The maximum Gasteiger partial charge on any atom is 0.358 e. The van der Waals surface area contributed by atoms with Gasteiger partial charge in [-0.2, -0.15) is 0 Å². The number of ether oxygens (including phenoxy) is 1. The molecule has 2 rings (SSSR count). The number of rotatable bonds is 4. The number of nitrogens with zero attached hydrogens (tertiary/aromatic N) is 1. The first kappa shape index (κ1) is 12.1. The molecule has 1 aromatic heterocycles. The lowest BCUT2D eigenvalue weighted by molar-refractivity contribution is 0.0687. The first-order chi connectivity index (χ1) is 8.72. The number of pyridine rings is 1. The lowest BCUT2D eigenvalue weighted by Crippen LogP contribution is -2.03. The Morgan fingerprint density at radius 2 is 1.89 bits per heavy atom. The molecule has 18 heavy (non-hydrogen) atoms. The zero-order valence-corrected chi connectivity index (χ0v) is 9.41. The van der Waals surface area contributed by atoms with Crippen LogP contribution in [0.25, 0.3) is 0 Å². The van der Waals surface area contributed by atoms with Crippen molar-refractivity contribution in [3.63, 3.8) is 0 Å². The second-order valence-electron chi connectivity index (χ2n) is 3.52. The lowest BCUT2D eigenvalue weighted by Gasteiger charge is -2.10. The summed E-state index contributed by atoms with van der Waals surface area (Å²) in [4.78, 5) is 14.7. The lowest BCUT2D eigenvalue weighted by atomic mass is 10.2. The third-order valence-corrected chi connectivity index (χ3v) is 2.34. The van der Waals surface area contributed by atoms with E-state index in [1.807, 2.05) is 0 Å². The van der Waals surface area contributed by atoms with Crippen LogP contribution in [0.4, 0.5) is 0 Å². The van der Waals surface area contributed by atoms with Crippen LogP contribution in [-0.2, 0) is 6.61 Å². The molecule has 0 aliphatic rings. The van der Waals surface area contributed by atoms with E-state index in [9.17, 15) is 4.79 Å². The second kappa shape index (κ2) is 5.29. The third-order valence-electron chi connectivity index (χ3n) is 2.34. The van der Waals surface area contributed by atoms with E-state index >= 15 is 0 Å². The highest BCUT2D eigenvalue weighted by atomic mass is 16.5. The van der Waals surface area contributed by atoms with Crippen LogP contribution >= 0.6 is 0 Å². The number of hydrogen-bond acceptors (Lipinski definition) is 4. The fourth-order valence-electron chi connectivity index (χ4n) is 1.49. The Bertz CT molecular complexity index is 568. The Balaban J connectivity index is 2.37. The number of hydrogen-bond donors (Lipinski definition) is 2. The van der Waals surface area contributed by atoms with Crippen LogP contribution < -0.4 is 4.74 Å². The van der Waals surface area contributed by atoms with E-state index in [2.05, 4.69) is 4.98 Å². The summed E-state index contributed by atoms with van der Waals surface area (Å²) < 4.78 is 5.49. The zero-order chi connectivity index (χ0) is 13.0. The SMILES string of the molecule is O=C(O)c1ncccc1Oc1ccccc1CO. The molecule has 0 fully saturated rings. The maximum atomic E-state index is 11.0. The summed E-state index contributed by atoms with van der Waals surface area (Å²) in [5.41, 5.74) is 0.419. The van der Waals surface area contributed by atoms with Crippen LogP contribution in [-0.4, -0.2) is 21.2 Å². The molecule has 0 saturated carbocycles. The number of aromatic nitrogens is 1. The number of carbonyl (C=O) groups is 1. The van der Waals surface area contributed by atoms with E-state index in [0.717, 1.165) is 0 Å². The molecule has 5 heteroatoms. The predicted octanol–water partition coefficient (Wildman–Crippen LogP) is 2.06. The first-order valence-corrected chi connectivity index (χ1v) is 5.27. The Morgan fingerprint density at radius 3 is 2.61 bits per heavy atom. The topological polar surface area (TPSA) is 79.7 Å². The standard InChI is InChI=1S/C13H11NO4/c15-8-9-4-1-2-5-10(9)18-11-6-3-7-14-12(11)13(16)17/h1-7,15H,8H2,(H,16,17). The first-order valence-electron chi connectivity index (χ1n) is 5.27. The van der Waals surface area contributed by atoms with Gasteiger partial charge in [-0.15, -0.1) is 0 Å². The van der Waals surface area contributed by atoms with E-state index in [-0.39, 0.29) is 18.1 Å². The highest BCUT2D eigenvalue weighted by Gasteiger charge is 2.14. The van der Waals surface area contributed by atoms with Gasteiger partial charge >= 0.3 is 5.97 Å². The van der Waals surface area contributed by atoms with Gasteiger partial charge in [-0.05, 0) is 18.2 Å². The van der Waals surface area contributed by atoms with Gasteiger partial charge < -0.3 is 14.9 Å². The normalized spacial score (nSPS) is 10.1. The summed E-state index contributed by atoms with van der Waals surface area (Å²) in [5, 5.41) is 18.1. The maximum absolute atomic E-state index is 11.0. The molecule has 5 nitrogen and oxygen atoms in total. The van der Waals surface area contributed by atoms with Crippen molar-refractivity contribution >= 4 is 5.97 Å². The monoisotopic (exact) mass is 245 g/mol. The molecule has 0 atom stereocenters. The molecule has 0 radical (unpaired) electrons. The Hall–Kier alpha value is -2.40. The van der Waals surface area contributed by atoms with Crippen LogP contribution in [0.15, 0.2) is 42.6 Å². The Labute approximate surface area is 103 Å². The van der Waals surface area contributed by atoms with E-state index in [0.29, 0.717) is 11.3 Å². The van der Waals surface area contributed by atoms with Crippen molar-refractivity contribution in [1.29, 1.82) is 0 Å². The molecule has 0 aliphatic heterocycles. The molecular weight excluding hydrogens is 234 g/mol. The molecule has 0 unspecified atom stereocenters. The van der Waals surface area contributed by atoms with Crippen molar-refractivity contribution in [3.8, 4) is 11.5 Å². The minimum absolute atomic E-state index is 0.144. The summed E-state index contributed by atoms with van der Waals surface area (Å²) in [7, 11) is 0. The number of para-hydroxylation sites is 1. The summed E-state index contributed by atoms with van der Waals surface area (Å²) in [6.45, 7) is -0.182. The van der Waals surface area contributed by atoms with Gasteiger partial charge in [0.05, 0.1) is 6.61 Å². The molecule has 0 bridgehead atoms. The summed E-state index contributed by atoms with van der Waals surface area (Å²) >= 11 is 0. The van der Waals surface area contributed by atoms with Crippen LogP contribution in [0.2, 0.25) is 0 Å². The molecule has 0 amide bonds. The molecule has 0 aliphatic carbocycles. The summed E-state index contributed by atoms with van der Waals surface area (Å²) in [6, 6.07) is 9.97. The molecule has 92 valence electrons. The molecule has 0 saturated heterocycles. The Kier molecular flexibility index (Phi) is 3.54. The van der Waals surface area contributed by atoms with Gasteiger partial charge in [0.15, 0.2) is 11.4 Å². The van der Waals surface area contributed by atoms with Gasteiger partial charge in [0.1, 0.15) is 5.75 Å². The second-order valence-corrected chi connectivity index (χ2v) is 3.52. The molecule has 1 heterocycles. The van der Waals surface area contributed by atoms with Gasteiger partial charge in [0, 0.05) is 11.8 Å². The van der Waals surface area contributed by atoms with Crippen molar-refractivity contribution in [2.24, 2.45) is 0 Å². The minimum atomic E-state index is -1.16. The quantitative estimate of drug-likeness (QED) is 0.861. The van der Waals surface area contributed by atoms with Crippen LogP contribution in [0, 0.1) is 0 Å². The molecular formula is C13H11NO4. The van der Waals surface area contributed by atoms with Gasteiger partial charge in [-0.25, -0.2) is 9.78 Å². The van der Waals surface area contributed by atoms with E-state index in [4.69, 9.17) is 14.9 Å². The van der Waals surface area contributed by atoms with E-state index in [1.165, 1.54) is 12.3 Å². The molecule has 0 spiro atoms. The van der Waals surface area contributed by atoms with Crippen LogP contribution in [0.5, 0.6) is 11.5 Å². The largest absolute Gasteiger partial charge is 0.476 e. The molecule has 1 aromatic carbocycles. The average Bonchev–Trinajstić information content (AvgIpc) is 2.40. The zero-order valence-electron chi connectivity index (χ0n) is 9.41. The minimum Gasteiger partial charge on any atom is -0.476 e. The van der Waals surface area contributed by atoms with Crippen LogP contribution in [0.3, 0.4) is 0 Å². The summed E-state index contributed by atoms with van der Waals surface area (Å²) in [5.74, 6) is -0.603. The fraction of sp³-hybridized carbons (Fsp3) is 0.0769. The van der Waals surface area contributed by atoms with Crippen molar-refractivity contribution in [1.82, 2.24) is 4.98 Å².